The number of aliphatic carboxylic acids is 1. The van der Waals surface area contributed by atoms with Crippen LogP contribution in [0.25, 0.3) is 0 Å². The molecule has 0 heterocycles. The van der Waals surface area contributed by atoms with Crippen molar-refractivity contribution in [3.63, 3.8) is 0 Å². The number of hydrogen-bond acceptors (Lipinski definition) is 3. The third-order valence-electron chi connectivity index (χ3n) is 0.464. The molecule has 10 heavy (non-hydrogen) atoms. The van der Waals surface area contributed by atoms with Crippen LogP contribution < -0.4 is 0 Å². The molecule has 0 aromatic rings. The molecule has 7 heteroatoms. The van der Waals surface area contributed by atoms with Gasteiger partial charge < -0.3 is 14.9 Å². The minimum Gasteiger partial charge on any atom is -0.474 e. The Balaban J connectivity index is 4.13. The molecule has 0 spiro atoms. The molecule has 58 valence electrons. The lowest BCUT2D eigenvalue weighted by molar-refractivity contribution is -0.226. The summed E-state index contributed by atoms with van der Waals surface area (Å²) < 4.78 is 25.9. The first kappa shape index (κ1) is 8.60. The largest absolute Gasteiger partial charge is 0.510 e. The van der Waals surface area contributed by atoms with E-state index in [2.05, 4.69) is 4.74 Å². The van der Waals surface area contributed by atoms with E-state index in [0.29, 0.717) is 0 Å². The normalized spacial score (nSPS) is 10.6. The van der Waals surface area contributed by atoms with Gasteiger partial charge in [0.1, 0.15) is 0 Å². The molecular weight excluding hydrogens is 154 g/mol. The fourth-order valence-corrected chi connectivity index (χ4v) is 0.153. The summed E-state index contributed by atoms with van der Waals surface area (Å²) in [6, 6.07) is 0. The molecule has 0 aromatic carbocycles. The molecular formula is C3H2F2O5. The predicted octanol–water partition coefficient (Wildman–Crippen LogP) is 0.358. The molecule has 0 rings (SSSR count). The Morgan fingerprint density at radius 2 is 1.70 bits per heavy atom. The van der Waals surface area contributed by atoms with Crippen molar-refractivity contribution >= 4 is 12.1 Å². The number of hydrogen-bond donors (Lipinski definition) is 2. The van der Waals surface area contributed by atoms with E-state index in [9.17, 15) is 18.4 Å². The second-order valence-electron chi connectivity index (χ2n) is 1.19. The first-order valence-electron chi connectivity index (χ1n) is 1.89. The van der Waals surface area contributed by atoms with Crippen LogP contribution in [-0.4, -0.2) is 28.4 Å². The summed E-state index contributed by atoms with van der Waals surface area (Å²) in [4.78, 5) is 18.8. The quantitative estimate of drug-likeness (QED) is 0.563. The molecule has 0 aromatic heterocycles. The maximum atomic E-state index is 11.6. The summed E-state index contributed by atoms with van der Waals surface area (Å²) >= 11 is 0. The Bertz CT molecular complexity index is 164. The van der Waals surface area contributed by atoms with Crippen LogP contribution in [0, 0.1) is 0 Å². The minimum atomic E-state index is -4.66. The van der Waals surface area contributed by atoms with Crippen molar-refractivity contribution in [2.45, 2.75) is 6.11 Å². The molecule has 0 aliphatic carbocycles. The van der Waals surface area contributed by atoms with Crippen molar-refractivity contribution < 1.29 is 33.3 Å². The molecule has 0 fully saturated rings. The van der Waals surface area contributed by atoms with Gasteiger partial charge in [-0.1, -0.05) is 0 Å². The molecule has 0 amide bonds. The van der Waals surface area contributed by atoms with Gasteiger partial charge in [0, 0.05) is 0 Å². The van der Waals surface area contributed by atoms with Crippen LogP contribution in [0.1, 0.15) is 0 Å². The molecule has 0 unspecified atom stereocenters. The number of carbonyl (C=O) groups is 2. The zero-order valence-electron chi connectivity index (χ0n) is 4.38. The van der Waals surface area contributed by atoms with Crippen molar-refractivity contribution in [3.8, 4) is 0 Å². The van der Waals surface area contributed by atoms with Crippen LogP contribution in [0.3, 0.4) is 0 Å². The van der Waals surface area contributed by atoms with Gasteiger partial charge in [0.2, 0.25) is 0 Å². The Kier molecular flexibility index (Phi) is 2.12. The van der Waals surface area contributed by atoms with Crippen molar-refractivity contribution in [1.82, 2.24) is 0 Å². The molecule has 0 aliphatic rings. The molecule has 0 aliphatic heterocycles. The number of carboxylic acids is 1. The summed E-state index contributed by atoms with van der Waals surface area (Å²) in [5.41, 5.74) is 0. The first-order chi connectivity index (χ1) is 4.36. The lowest BCUT2D eigenvalue weighted by Gasteiger charge is -2.07. The van der Waals surface area contributed by atoms with Gasteiger partial charge in [-0.05, 0) is 0 Å². The number of carboxylic acid groups (broad SMARTS) is 2. The van der Waals surface area contributed by atoms with E-state index in [1.165, 1.54) is 0 Å². The van der Waals surface area contributed by atoms with Crippen molar-refractivity contribution in [2.24, 2.45) is 0 Å². The lowest BCUT2D eigenvalue weighted by Crippen LogP contribution is -2.33. The zero-order chi connectivity index (χ0) is 8.36. The molecule has 0 saturated heterocycles. The number of alkyl halides is 2. The van der Waals surface area contributed by atoms with E-state index in [1.54, 1.807) is 0 Å². The van der Waals surface area contributed by atoms with E-state index in [0.717, 1.165) is 0 Å². The number of ether oxygens (including phenoxy) is 1. The predicted molar refractivity (Wildman–Crippen MR) is 21.7 cm³/mol. The summed E-state index contributed by atoms with van der Waals surface area (Å²) in [6.45, 7) is 0. The first-order valence-corrected chi connectivity index (χ1v) is 1.89. The minimum absolute atomic E-state index is 2.34. The average Bonchev–Trinajstić information content (AvgIpc) is 1.60. The van der Waals surface area contributed by atoms with Crippen LogP contribution in [-0.2, 0) is 9.53 Å². The monoisotopic (exact) mass is 156 g/mol. The van der Waals surface area contributed by atoms with Crippen molar-refractivity contribution in [3.05, 3.63) is 0 Å². The Morgan fingerprint density at radius 1 is 1.30 bits per heavy atom. The van der Waals surface area contributed by atoms with Crippen molar-refractivity contribution in [2.75, 3.05) is 0 Å². The van der Waals surface area contributed by atoms with E-state index < -0.39 is 18.2 Å². The smallest absolute Gasteiger partial charge is 0.474 e. The average molecular weight is 156 g/mol. The standard InChI is InChI=1S/C3H2F2O5/c4-3(5,1(6)7)10-2(8)9/h(H,6,7)(H,8,9). The zero-order valence-corrected chi connectivity index (χ0v) is 4.38. The van der Waals surface area contributed by atoms with Gasteiger partial charge in [0.05, 0.1) is 0 Å². The van der Waals surface area contributed by atoms with Crippen molar-refractivity contribution in [1.29, 1.82) is 0 Å². The van der Waals surface area contributed by atoms with Crippen LogP contribution in [0.5, 0.6) is 0 Å². The Labute approximate surface area is 52.8 Å². The molecule has 2 N–H and O–H groups in total. The number of rotatable bonds is 2. The van der Waals surface area contributed by atoms with Crippen LogP contribution >= 0.6 is 0 Å². The molecule has 0 radical (unpaired) electrons. The van der Waals surface area contributed by atoms with Gasteiger partial charge >= 0.3 is 18.2 Å². The molecule has 0 atom stereocenters. The molecule has 0 saturated carbocycles. The SMILES string of the molecule is O=C(O)OC(F)(F)C(=O)O. The molecule has 0 bridgehead atoms. The van der Waals surface area contributed by atoms with Crippen LogP contribution in [0.2, 0.25) is 0 Å². The highest BCUT2D eigenvalue weighted by Gasteiger charge is 2.44. The summed E-state index contributed by atoms with van der Waals surface area (Å²) in [5.74, 6) is -2.64. The highest BCUT2D eigenvalue weighted by molar-refractivity contribution is 5.76. The van der Waals surface area contributed by atoms with Gasteiger partial charge in [0.15, 0.2) is 0 Å². The van der Waals surface area contributed by atoms with Crippen LogP contribution in [0.4, 0.5) is 13.6 Å². The summed E-state index contributed by atoms with van der Waals surface area (Å²) in [5, 5.41) is 15.1. The number of halogens is 2. The summed E-state index contributed by atoms with van der Waals surface area (Å²) in [6.07, 6.45) is -7.00. The molecule has 5 nitrogen and oxygen atoms in total. The highest BCUT2D eigenvalue weighted by atomic mass is 19.3. The fraction of sp³-hybridized carbons (Fsp3) is 0.333. The van der Waals surface area contributed by atoms with E-state index in [1.807, 2.05) is 0 Å². The van der Waals surface area contributed by atoms with Gasteiger partial charge in [-0.25, -0.2) is 9.59 Å². The second-order valence-corrected chi connectivity index (χ2v) is 1.19. The maximum absolute atomic E-state index is 11.6. The van der Waals surface area contributed by atoms with E-state index in [-0.39, 0.29) is 0 Å². The lowest BCUT2D eigenvalue weighted by atomic mass is 10.6. The van der Waals surface area contributed by atoms with Gasteiger partial charge in [-0.15, -0.1) is 0 Å². The Hall–Kier alpha value is -1.40. The second kappa shape index (κ2) is 2.46. The van der Waals surface area contributed by atoms with E-state index in [4.69, 9.17) is 10.2 Å². The highest BCUT2D eigenvalue weighted by Crippen LogP contribution is 2.14. The van der Waals surface area contributed by atoms with Gasteiger partial charge in [-0.2, -0.15) is 8.78 Å². The fourth-order valence-electron chi connectivity index (χ4n) is 0.153. The van der Waals surface area contributed by atoms with Crippen LogP contribution in [0.15, 0.2) is 0 Å². The maximum Gasteiger partial charge on any atom is 0.510 e. The third kappa shape index (κ3) is 2.25. The Morgan fingerprint density at radius 3 is 1.80 bits per heavy atom. The van der Waals surface area contributed by atoms with E-state index >= 15 is 0 Å². The van der Waals surface area contributed by atoms with Gasteiger partial charge in [0.25, 0.3) is 0 Å². The summed E-state index contributed by atoms with van der Waals surface area (Å²) in [7, 11) is 0. The van der Waals surface area contributed by atoms with Gasteiger partial charge in [-0.3, -0.25) is 0 Å². The third-order valence-corrected chi connectivity index (χ3v) is 0.464. The topological polar surface area (TPSA) is 83.8 Å².